The Morgan fingerprint density at radius 2 is 0.907 bits per heavy atom. The van der Waals surface area contributed by atoms with E-state index < -0.39 is 0 Å². The molecule has 0 spiro atoms. The summed E-state index contributed by atoms with van der Waals surface area (Å²) in [6.07, 6.45) is 12.3. The van der Waals surface area contributed by atoms with Crippen molar-refractivity contribution in [3.8, 4) is 5.75 Å². The lowest BCUT2D eigenvalue weighted by atomic mass is 10.0. The molecule has 408 valence electrons. The zero-order valence-electron chi connectivity index (χ0n) is 48.0. The van der Waals surface area contributed by atoms with Gasteiger partial charge in [0.25, 0.3) is 0 Å². The summed E-state index contributed by atoms with van der Waals surface area (Å²) in [5, 5.41) is 0. The molecule has 0 aliphatic carbocycles. The minimum Gasteiger partial charge on any atom is -0.467 e. The molecule has 8 rings (SSSR count). The van der Waals surface area contributed by atoms with Crippen LogP contribution >= 0.6 is 0 Å². The Hall–Kier alpha value is -6.17. The normalized spacial score (nSPS) is 10.5. The summed E-state index contributed by atoms with van der Waals surface area (Å²) in [5.74, 6) is 0.711. The lowest BCUT2D eigenvalue weighted by molar-refractivity contribution is -0.0168. The third-order valence-electron chi connectivity index (χ3n) is 11.9. The van der Waals surface area contributed by atoms with Crippen LogP contribution in [0.1, 0.15) is 154 Å². The highest BCUT2D eigenvalue weighted by Gasteiger charge is 2.14. The Bertz CT molecular complexity index is 2550. The smallest absolute Gasteiger partial charge is 0.189 e. The molecule has 7 aromatic carbocycles. The second kappa shape index (κ2) is 41.1. The van der Waals surface area contributed by atoms with E-state index in [0.29, 0.717) is 13.4 Å². The standard InChI is InChI=1S/C11H14O2.2C9H11F.3C9H12.C8H9F.C5H10.CH4/c1-3-9-4-8(2)5-11-10(9)6-12-7-13-11;1-3-8-4-5-9(10)7(2)6-8;1-3-8-5-4-7(2)6-9(8)10;1-3-9-6-4-8(2)5-7-9;2*1-3-9-6-4-5-8(2)7-9;1-2-7-5-3-4-6-8(7)9;1-3-5-4-2;/h4-5H,3,6-7H2,1-2H3;2*4-6H,3H2,1-2H3;3*4-7H,3H2,1-2H3;3-6H,2H2,1H3;3,5H,4H2,1-2H3;1H4. The van der Waals surface area contributed by atoms with Crippen LogP contribution in [0.15, 0.2) is 158 Å². The maximum Gasteiger partial charge on any atom is 0.189 e. The molecule has 0 radical (unpaired) electrons. The number of ether oxygens (including phenoxy) is 2. The van der Waals surface area contributed by atoms with E-state index in [2.05, 4.69) is 166 Å². The second-order valence-electron chi connectivity index (χ2n) is 18.2. The summed E-state index contributed by atoms with van der Waals surface area (Å²) in [5.41, 5.74) is 16.6. The number of fused-ring (bicyclic) bond motifs is 1. The van der Waals surface area contributed by atoms with Crippen molar-refractivity contribution in [1.82, 2.24) is 0 Å². The highest BCUT2D eigenvalue weighted by molar-refractivity contribution is 5.44. The molecule has 0 fully saturated rings. The van der Waals surface area contributed by atoms with E-state index >= 15 is 0 Å². The molecular weight excluding hydrogens is 930 g/mol. The van der Waals surface area contributed by atoms with Gasteiger partial charge in [0.1, 0.15) is 23.2 Å². The quantitative estimate of drug-likeness (QED) is 0.141. The third kappa shape index (κ3) is 29.5. The van der Waals surface area contributed by atoms with Gasteiger partial charge in [0.05, 0.1) is 6.61 Å². The van der Waals surface area contributed by atoms with Gasteiger partial charge in [-0.25, -0.2) is 13.2 Å². The molecule has 2 nitrogen and oxygen atoms in total. The topological polar surface area (TPSA) is 18.5 Å². The molecule has 1 heterocycles. The van der Waals surface area contributed by atoms with Crippen molar-refractivity contribution >= 4 is 0 Å². The van der Waals surface area contributed by atoms with Gasteiger partial charge in [-0.1, -0.05) is 213 Å². The maximum absolute atomic E-state index is 12.9. The first-order valence-corrected chi connectivity index (χ1v) is 26.9. The molecule has 0 unspecified atom stereocenters. The zero-order chi connectivity index (χ0) is 55.3. The fourth-order valence-corrected chi connectivity index (χ4v) is 7.29. The number of halogens is 3. The fourth-order valence-electron chi connectivity index (χ4n) is 7.29. The average molecular weight is 1030 g/mol. The zero-order valence-corrected chi connectivity index (χ0v) is 48.0. The summed E-state index contributed by atoms with van der Waals surface area (Å²) < 4.78 is 48.8. The summed E-state index contributed by atoms with van der Waals surface area (Å²) in [6, 6.07) is 47.6. The molecule has 75 heavy (non-hydrogen) atoms. The summed E-state index contributed by atoms with van der Waals surface area (Å²) in [4.78, 5) is 0. The second-order valence-corrected chi connectivity index (χ2v) is 18.2. The largest absolute Gasteiger partial charge is 0.467 e. The third-order valence-corrected chi connectivity index (χ3v) is 11.9. The number of aryl methyl sites for hydroxylation is 13. The maximum atomic E-state index is 12.9. The Morgan fingerprint density at radius 1 is 0.413 bits per heavy atom. The first-order valence-electron chi connectivity index (χ1n) is 26.9. The minimum absolute atomic E-state index is 0. The fraction of sp³-hybridized carbons (Fsp3) is 0.371. The van der Waals surface area contributed by atoms with E-state index in [1.54, 1.807) is 25.1 Å². The van der Waals surface area contributed by atoms with Crippen LogP contribution in [-0.2, 0) is 56.3 Å². The van der Waals surface area contributed by atoms with Crippen LogP contribution in [0.2, 0.25) is 0 Å². The summed E-state index contributed by atoms with van der Waals surface area (Å²) in [7, 11) is 0. The number of rotatable bonds is 8. The lowest BCUT2D eigenvalue weighted by Gasteiger charge is -2.20. The molecule has 5 heteroatoms. The molecule has 0 N–H and O–H groups in total. The van der Waals surface area contributed by atoms with Gasteiger partial charge in [0.2, 0.25) is 0 Å². The molecule has 0 aromatic heterocycles. The van der Waals surface area contributed by atoms with Crippen molar-refractivity contribution in [2.24, 2.45) is 0 Å². The van der Waals surface area contributed by atoms with Crippen molar-refractivity contribution in [1.29, 1.82) is 0 Å². The molecule has 0 saturated heterocycles. The molecule has 1 aliphatic rings. The van der Waals surface area contributed by atoms with Crippen LogP contribution in [0.5, 0.6) is 5.75 Å². The van der Waals surface area contributed by atoms with Gasteiger partial charge in [-0.3, -0.25) is 0 Å². The molecule has 1 aliphatic heterocycles. The van der Waals surface area contributed by atoms with Gasteiger partial charge >= 0.3 is 0 Å². The van der Waals surface area contributed by atoms with Crippen molar-refractivity contribution in [3.05, 3.63) is 253 Å². The van der Waals surface area contributed by atoms with Crippen LogP contribution in [0.25, 0.3) is 0 Å². The number of hydrogen-bond acceptors (Lipinski definition) is 2. The van der Waals surface area contributed by atoms with Crippen LogP contribution in [-0.4, -0.2) is 6.79 Å². The van der Waals surface area contributed by atoms with E-state index in [0.717, 1.165) is 79.4 Å². The van der Waals surface area contributed by atoms with Crippen LogP contribution in [0.3, 0.4) is 0 Å². The van der Waals surface area contributed by atoms with Crippen molar-refractivity contribution in [2.75, 3.05) is 6.79 Å². The molecule has 0 atom stereocenters. The summed E-state index contributed by atoms with van der Waals surface area (Å²) in [6.45, 7) is 32.0. The number of allylic oxidation sites excluding steroid dienone is 2. The summed E-state index contributed by atoms with van der Waals surface area (Å²) >= 11 is 0. The van der Waals surface area contributed by atoms with Crippen molar-refractivity contribution < 1.29 is 22.6 Å². The Kier molecular flexibility index (Phi) is 37.7. The highest BCUT2D eigenvalue weighted by Crippen LogP contribution is 2.29. The van der Waals surface area contributed by atoms with Gasteiger partial charge in [-0.2, -0.15) is 0 Å². The highest BCUT2D eigenvalue weighted by atomic mass is 19.1. The molecule has 0 bridgehead atoms. The van der Waals surface area contributed by atoms with Crippen LogP contribution in [0, 0.1) is 59.0 Å². The predicted octanol–water partition coefficient (Wildman–Crippen LogP) is 20.5. The van der Waals surface area contributed by atoms with E-state index in [4.69, 9.17) is 9.47 Å². The predicted molar refractivity (Wildman–Crippen MR) is 321 cm³/mol. The van der Waals surface area contributed by atoms with E-state index in [1.807, 2.05) is 58.0 Å². The van der Waals surface area contributed by atoms with Crippen molar-refractivity contribution in [3.63, 3.8) is 0 Å². The van der Waals surface area contributed by atoms with Gasteiger partial charge in [0.15, 0.2) is 6.79 Å². The van der Waals surface area contributed by atoms with E-state index in [9.17, 15) is 13.2 Å². The monoisotopic (exact) mass is 1020 g/mol. The molecule has 0 amide bonds. The SMILES string of the molecule is C.CC=CCC.CCc1cc(C)cc2c1COCO2.CCc1ccc(C)cc1.CCc1ccc(C)cc1F.CCc1ccc(F)c(C)c1.CCc1cccc(C)c1.CCc1cccc(C)c1.CCc1ccccc1F. The van der Waals surface area contributed by atoms with Gasteiger partial charge in [0, 0.05) is 5.56 Å². The minimum atomic E-state index is -0.114. The Morgan fingerprint density at radius 3 is 1.33 bits per heavy atom. The first-order chi connectivity index (χ1) is 35.5. The lowest BCUT2D eigenvalue weighted by Crippen LogP contribution is -2.13. The molecule has 7 aromatic rings. The Balaban J connectivity index is 0.000000841. The van der Waals surface area contributed by atoms with E-state index in [-0.39, 0.29) is 24.9 Å². The first kappa shape index (κ1) is 68.8. The van der Waals surface area contributed by atoms with Gasteiger partial charge < -0.3 is 9.47 Å². The van der Waals surface area contributed by atoms with E-state index in [1.165, 1.54) is 67.8 Å². The number of hydrogen-bond donors (Lipinski definition) is 0. The van der Waals surface area contributed by atoms with Gasteiger partial charge in [-0.05, 0) is 180 Å². The van der Waals surface area contributed by atoms with Crippen LogP contribution < -0.4 is 4.74 Å². The van der Waals surface area contributed by atoms with Crippen LogP contribution in [0.4, 0.5) is 13.2 Å². The molecular formula is C70H95F3O2. The Labute approximate surface area is 455 Å². The average Bonchev–Trinajstić information content (AvgIpc) is 3.41. The van der Waals surface area contributed by atoms with Crippen molar-refractivity contribution in [2.45, 2.75) is 169 Å². The number of benzene rings is 7. The van der Waals surface area contributed by atoms with Gasteiger partial charge in [-0.15, -0.1) is 0 Å². The molecule has 0 saturated carbocycles.